The molecule has 2 rings (SSSR count). The van der Waals surface area contributed by atoms with Gasteiger partial charge in [0.1, 0.15) is 11.1 Å². The molecule has 0 atom stereocenters. The molecule has 0 bridgehead atoms. The van der Waals surface area contributed by atoms with E-state index in [9.17, 15) is 0 Å². The van der Waals surface area contributed by atoms with Crippen LogP contribution in [0.25, 0.3) is 11.3 Å². The first-order chi connectivity index (χ1) is 7.31. The lowest BCUT2D eigenvalue weighted by molar-refractivity contribution is 0.769. The molecule has 15 heavy (non-hydrogen) atoms. The van der Waals surface area contributed by atoms with E-state index in [0.717, 1.165) is 27.9 Å². The summed E-state index contributed by atoms with van der Waals surface area (Å²) in [7, 11) is 1.86. The third kappa shape index (κ3) is 2.03. The highest BCUT2D eigenvalue weighted by molar-refractivity contribution is 8.03. The highest BCUT2D eigenvalue weighted by Gasteiger charge is 2.09. The highest BCUT2D eigenvalue weighted by atomic mass is 32.2. The van der Waals surface area contributed by atoms with E-state index in [0.29, 0.717) is 0 Å². The predicted octanol–water partition coefficient (Wildman–Crippen LogP) is 2.66. The molecular weight excluding hydrogens is 206 g/mol. The van der Waals surface area contributed by atoms with E-state index >= 15 is 0 Å². The van der Waals surface area contributed by atoms with Crippen LogP contribution in [0, 0.1) is 10.7 Å². The van der Waals surface area contributed by atoms with E-state index in [1.54, 1.807) is 4.68 Å². The van der Waals surface area contributed by atoms with Crippen LogP contribution in [0.15, 0.2) is 41.4 Å². The Hall–Kier alpha value is -1.73. The number of rotatable bonds is 2. The number of thiocyanates is 1. The topological polar surface area (TPSA) is 41.6 Å². The summed E-state index contributed by atoms with van der Waals surface area (Å²) in [6.07, 6.45) is 1.86. The Morgan fingerprint density at radius 2 is 2.07 bits per heavy atom. The molecule has 0 amide bonds. The quantitative estimate of drug-likeness (QED) is 0.571. The fourth-order valence-corrected chi connectivity index (χ4v) is 1.95. The van der Waals surface area contributed by atoms with Crippen molar-refractivity contribution in [1.29, 1.82) is 5.26 Å². The van der Waals surface area contributed by atoms with Crippen molar-refractivity contribution in [2.45, 2.75) is 4.90 Å². The first-order valence-corrected chi connectivity index (χ1v) is 5.28. The second-order valence-corrected chi connectivity index (χ2v) is 3.90. The van der Waals surface area contributed by atoms with Gasteiger partial charge in [-0.1, -0.05) is 30.3 Å². The SMILES string of the molecule is Cn1cc(SC#N)c(-c2ccccc2)n1. The lowest BCUT2D eigenvalue weighted by Crippen LogP contribution is -1.87. The molecule has 3 nitrogen and oxygen atoms in total. The van der Waals surface area contributed by atoms with Gasteiger partial charge in [0.15, 0.2) is 0 Å². The molecule has 4 heteroatoms. The van der Waals surface area contributed by atoms with E-state index < -0.39 is 0 Å². The molecule has 0 radical (unpaired) electrons. The van der Waals surface area contributed by atoms with Gasteiger partial charge in [-0.2, -0.15) is 10.4 Å². The maximum Gasteiger partial charge on any atom is 0.138 e. The van der Waals surface area contributed by atoms with Gasteiger partial charge in [-0.3, -0.25) is 4.68 Å². The van der Waals surface area contributed by atoms with E-state index in [1.165, 1.54) is 0 Å². The standard InChI is InChI=1S/C11H9N3S/c1-14-7-10(15-8-12)11(13-14)9-5-3-2-4-6-9/h2-7H,1H3. The second-order valence-electron chi connectivity index (χ2n) is 3.08. The van der Waals surface area contributed by atoms with Crippen LogP contribution < -0.4 is 0 Å². The summed E-state index contributed by atoms with van der Waals surface area (Å²) >= 11 is 1.14. The Bertz CT molecular complexity index is 496. The van der Waals surface area contributed by atoms with Crippen LogP contribution in [0.4, 0.5) is 0 Å². The van der Waals surface area contributed by atoms with Crippen LogP contribution in [-0.4, -0.2) is 9.78 Å². The number of aromatic nitrogens is 2. The predicted molar refractivity (Wildman–Crippen MR) is 60.1 cm³/mol. The Balaban J connectivity index is 2.49. The van der Waals surface area contributed by atoms with Crippen molar-refractivity contribution < 1.29 is 0 Å². The van der Waals surface area contributed by atoms with Gasteiger partial charge in [0.2, 0.25) is 0 Å². The van der Waals surface area contributed by atoms with Gasteiger partial charge in [0, 0.05) is 18.8 Å². The maximum atomic E-state index is 8.68. The van der Waals surface area contributed by atoms with Crippen LogP contribution in [0.2, 0.25) is 0 Å². The lowest BCUT2D eigenvalue weighted by atomic mass is 10.2. The Labute approximate surface area is 92.3 Å². The third-order valence-corrected chi connectivity index (χ3v) is 2.61. The molecule has 0 saturated heterocycles. The van der Waals surface area contributed by atoms with Crippen molar-refractivity contribution in [2.75, 3.05) is 0 Å². The minimum atomic E-state index is 0.865. The zero-order valence-electron chi connectivity index (χ0n) is 8.21. The van der Waals surface area contributed by atoms with Gasteiger partial charge in [-0.25, -0.2) is 0 Å². The summed E-state index contributed by atoms with van der Waals surface area (Å²) in [5.74, 6) is 0. The van der Waals surface area contributed by atoms with Crippen LogP contribution in [-0.2, 0) is 7.05 Å². The number of benzene rings is 1. The van der Waals surface area contributed by atoms with Gasteiger partial charge in [0.25, 0.3) is 0 Å². The second kappa shape index (κ2) is 4.20. The summed E-state index contributed by atoms with van der Waals surface area (Å²) in [5, 5.41) is 15.1. The molecule has 1 aromatic heterocycles. The molecule has 1 aromatic carbocycles. The van der Waals surface area contributed by atoms with Crippen molar-refractivity contribution in [2.24, 2.45) is 7.05 Å². The van der Waals surface area contributed by atoms with Gasteiger partial charge < -0.3 is 0 Å². The molecule has 2 aromatic rings. The van der Waals surface area contributed by atoms with Gasteiger partial charge in [0.05, 0.1) is 4.90 Å². The minimum absolute atomic E-state index is 0.865. The molecule has 0 unspecified atom stereocenters. The zero-order chi connectivity index (χ0) is 10.7. The molecule has 1 heterocycles. The normalized spacial score (nSPS) is 9.87. The Morgan fingerprint density at radius 1 is 1.33 bits per heavy atom. The number of aryl methyl sites for hydroxylation is 1. The monoisotopic (exact) mass is 215 g/mol. The largest absolute Gasteiger partial charge is 0.274 e. The number of nitrogens with zero attached hydrogens (tertiary/aromatic N) is 3. The molecule has 0 aliphatic carbocycles. The number of nitriles is 1. The maximum absolute atomic E-state index is 8.68. The van der Waals surface area contributed by atoms with Crippen molar-refractivity contribution in [3.05, 3.63) is 36.5 Å². The molecular formula is C11H9N3S. The summed E-state index contributed by atoms with van der Waals surface area (Å²) in [6, 6.07) is 9.87. The van der Waals surface area contributed by atoms with Gasteiger partial charge in [-0.15, -0.1) is 0 Å². The molecule has 0 saturated carbocycles. The average molecular weight is 215 g/mol. The first-order valence-electron chi connectivity index (χ1n) is 4.46. The van der Waals surface area contributed by atoms with E-state index in [1.807, 2.05) is 43.6 Å². The molecule has 0 fully saturated rings. The molecule has 0 aliphatic rings. The fraction of sp³-hybridized carbons (Fsp3) is 0.0909. The van der Waals surface area contributed by atoms with Crippen molar-refractivity contribution in [3.8, 4) is 16.7 Å². The van der Waals surface area contributed by atoms with E-state index in [4.69, 9.17) is 5.26 Å². The first kappa shape index (κ1) is 9.81. The minimum Gasteiger partial charge on any atom is -0.274 e. The molecule has 0 spiro atoms. The summed E-state index contributed by atoms with van der Waals surface area (Å²) in [6.45, 7) is 0. The average Bonchev–Trinajstić information content (AvgIpc) is 2.62. The van der Waals surface area contributed by atoms with Crippen LogP contribution in [0.5, 0.6) is 0 Å². The van der Waals surface area contributed by atoms with E-state index in [-0.39, 0.29) is 0 Å². The van der Waals surface area contributed by atoms with Gasteiger partial charge >= 0.3 is 0 Å². The fourth-order valence-electron chi connectivity index (χ4n) is 1.39. The van der Waals surface area contributed by atoms with Crippen LogP contribution in [0.3, 0.4) is 0 Å². The number of hydrogen-bond acceptors (Lipinski definition) is 3. The Kier molecular flexibility index (Phi) is 2.75. The van der Waals surface area contributed by atoms with Crippen LogP contribution >= 0.6 is 11.8 Å². The molecule has 74 valence electrons. The highest BCUT2D eigenvalue weighted by Crippen LogP contribution is 2.29. The van der Waals surface area contributed by atoms with E-state index in [2.05, 4.69) is 10.5 Å². The van der Waals surface area contributed by atoms with Crippen molar-refractivity contribution in [1.82, 2.24) is 9.78 Å². The lowest BCUT2D eigenvalue weighted by Gasteiger charge is -1.96. The summed E-state index contributed by atoms with van der Waals surface area (Å²) < 4.78 is 1.72. The third-order valence-electron chi connectivity index (χ3n) is 2.00. The number of hydrogen-bond donors (Lipinski definition) is 0. The summed E-state index contributed by atoms with van der Waals surface area (Å²) in [5.41, 5.74) is 1.90. The smallest absolute Gasteiger partial charge is 0.138 e. The van der Waals surface area contributed by atoms with Crippen molar-refractivity contribution in [3.63, 3.8) is 0 Å². The van der Waals surface area contributed by atoms with Crippen LogP contribution in [0.1, 0.15) is 0 Å². The number of thioether (sulfide) groups is 1. The van der Waals surface area contributed by atoms with Crippen molar-refractivity contribution >= 4 is 11.8 Å². The molecule has 0 N–H and O–H groups in total. The zero-order valence-corrected chi connectivity index (χ0v) is 9.03. The Morgan fingerprint density at radius 3 is 2.73 bits per heavy atom. The summed E-state index contributed by atoms with van der Waals surface area (Å²) in [4.78, 5) is 0.895. The molecule has 0 aliphatic heterocycles. The van der Waals surface area contributed by atoms with Gasteiger partial charge in [-0.05, 0) is 11.8 Å².